The number of benzene rings is 1. The van der Waals surface area contributed by atoms with Crippen molar-refractivity contribution in [2.24, 2.45) is 5.92 Å². The second kappa shape index (κ2) is 8.77. The fourth-order valence-electron chi connectivity index (χ4n) is 4.56. The van der Waals surface area contributed by atoms with Crippen molar-refractivity contribution < 1.29 is 27.5 Å². The van der Waals surface area contributed by atoms with Gasteiger partial charge in [-0.15, -0.1) is 0 Å². The van der Waals surface area contributed by atoms with E-state index in [1.165, 1.54) is 0 Å². The minimum Gasteiger partial charge on any atom is -0.439 e. The van der Waals surface area contributed by atoms with E-state index in [9.17, 15) is 22.8 Å². The van der Waals surface area contributed by atoms with Crippen molar-refractivity contribution in [1.82, 2.24) is 10.6 Å². The highest BCUT2D eigenvalue weighted by molar-refractivity contribution is 5.78. The molecule has 31 heavy (non-hydrogen) atoms. The first kappa shape index (κ1) is 21.5. The Kier molecular flexibility index (Phi) is 6.07. The third-order valence-electron chi connectivity index (χ3n) is 6.33. The maximum absolute atomic E-state index is 12.7. The lowest BCUT2D eigenvalue weighted by Crippen LogP contribution is -2.33. The smallest absolute Gasteiger partial charge is 0.416 e. The fourth-order valence-corrected chi connectivity index (χ4v) is 4.56. The highest BCUT2D eigenvalue weighted by Gasteiger charge is 2.33. The van der Waals surface area contributed by atoms with Crippen LogP contribution < -0.4 is 10.6 Å². The summed E-state index contributed by atoms with van der Waals surface area (Å²) >= 11 is 0. The van der Waals surface area contributed by atoms with E-state index in [1.807, 2.05) is 0 Å². The Morgan fingerprint density at radius 3 is 2.52 bits per heavy atom. The number of hydrogen-bond donors (Lipinski definition) is 2. The van der Waals surface area contributed by atoms with E-state index in [0.717, 1.165) is 49.8 Å². The van der Waals surface area contributed by atoms with Crippen LogP contribution in [0.1, 0.15) is 55.6 Å². The monoisotopic (exact) mass is 434 g/mol. The minimum absolute atomic E-state index is 0.0727. The first-order valence-electron chi connectivity index (χ1n) is 10.6. The highest BCUT2D eigenvalue weighted by atomic mass is 19.4. The quantitative estimate of drug-likeness (QED) is 0.699. The average Bonchev–Trinajstić information content (AvgIpc) is 3.11. The van der Waals surface area contributed by atoms with E-state index >= 15 is 0 Å². The van der Waals surface area contributed by atoms with Gasteiger partial charge in [-0.3, -0.25) is 4.79 Å². The molecule has 2 amide bonds. The van der Waals surface area contributed by atoms with Gasteiger partial charge in [0.2, 0.25) is 5.91 Å². The molecule has 0 spiro atoms. The SMILES string of the molecule is O=C(CCC1CCC(c2ccc(C(F)(F)F)cc2)CC1)NC1=CC2OC(=O)NC2C=C1. The molecular formula is C23H25F3N2O3. The number of allylic oxidation sites excluding steroid dienone is 1. The zero-order chi connectivity index (χ0) is 22.0. The summed E-state index contributed by atoms with van der Waals surface area (Å²) in [5, 5.41) is 5.53. The standard InChI is InChI=1S/C23H25F3N2O3/c24-23(25,26)17-8-6-16(7-9-17)15-4-1-14(2-5-15)3-12-21(29)27-18-10-11-19-20(13-18)31-22(30)28-19/h6-11,13-15,19-20H,1-5,12H2,(H,27,29)(H,28,30). The summed E-state index contributed by atoms with van der Waals surface area (Å²) in [5.41, 5.74) is 0.978. The molecule has 2 unspecified atom stereocenters. The normalized spacial score (nSPS) is 27.7. The largest absolute Gasteiger partial charge is 0.439 e. The van der Waals surface area contributed by atoms with Gasteiger partial charge < -0.3 is 15.4 Å². The molecule has 2 fully saturated rings. The van der Waals surface area contributed by atoms with Crippen molar-refractivity contribution in [2.45, 2.75) is 62.8 Å². The van der Waals surface area contributed by atoms with Gasteiger partial charge >= 0.3 is 12.3 Å². The fraction of sp³-hybridized carbons (Fsp3) is 0.478. The van der Waals surface area contributed by atoms with E-state index in [0.29, 0.717) is 18.0 Å². The molecule has 0 radical (unpaired) electrons. The zero-order valence-corrected chi connectivity index (χ0v) is 17.0. The van der Waals surface area contributed by atoms with Gasteiger partial charge in [-0.2, -0.15) is 13.2 Å². The van der Waals surface area contributed by atoms with Gasteiger partial charge in [0.15, 0.2) is 0 Å². The van der Waals surface area contributed by atoms with Crippen LogP contribution in [0.2, 0.25) is 0 Å². The third-order valence-corrected chi connectivity index (χ3v) is 6.33. The molecule has 1 saturated carbocycles. The summed E-state index contributed by atoms with van der Waals surface area (Å²) in [6.45, 7) is 0. The van der Waals surface area contributed by atoms with Crippen LogP contribution in [-0.4, -0.2) is 24.1 Å². The minimum atomic E-state index is -4.31. The molecule has 1 saturated heterocycles. The van der Waals surface area contributed by atoms with E-state index in [1.54, 1.807) is 30.4 Å². The summed E-state index contributed by atoms with van der Waals surface area (Å²) in [4.78, 5) is 23.6. The summed E-state index contributed by atoms with van der Waals surface area (Å²) in [7, 11) is 0. The van der Waals surface area contributed by atoms with Crippen molar-refractivity contribution in [3.63, 3.8) is 0 Å². The number of nitrogens with one attached hydrogen (secondary N) is 2. The second-order valence-corrected chi connectivity index (χ2v) is 8.45. The summed E-state index contributed by atoms with van der Waals surface area (Å²) in [6.07, 6.45) is 5.11. The number of alkyl carbamates (subject to hydrolysis) is 1. The van der Waals surface area contributed by atoms with E-state index < -0.39 is 23.9 Å². The number of carbonyl (C=O) groups is 2. The molecule has 0 aromatic heterocycles. The van der Waals surface area contributed by atoms with Crippen LogP contribution in [0, 0.1) is 5.92 Å². The second-order valence-electron chi connectivity index (χ2n) is 8.45. The first-order chi connectivity index (χ1) is 14.8. The van der Waals surface area contributed by atoms with Gasteiger partial charge in [0, 0.05) is 12.1 Å². The number of hydrogen-bond acceptors (Lipinski definition) is 3. The number of rotatable bonds is 5. The zero-order valence-electron chi connectivity index (χ0n) is 17.0. The van der Waals surface area contributed by atoms with Crippen LogP contribution in [0.5, 0.6) is 0 Å². The molecule has 3 aliphatic rings. The van der Waals surface area contributed by atoms with Crippen molar-refractivity contribution in [1.29, 1.82) is 0 Å². The van der Waals surface area contributed by atoms with E-state index in [-0.39, 0.29) is 17.9 Å². The number of amides is 2. The topological polar surface area (TPSA) is 67.4 Å². The lowest BCUT2D eigenvalue weighted by molar-refractivity contribution is -0.137. The molecule has 5 nitrogen and oxygen atoms in total. The summed E-state index contributed by atoms with van der Waals surface area (Å²) in [5.74, 6) is 0.647. The highest BCUT2D eigenvalue weighted by Crippen LogP contribution is 2.38. The van der Waals surface area contributed by atoms with Gasteiger partial charge in [-0.1, -0.05) is 18.2 Å². The van der Waals surface area contributed by atoms with Gasteiger partial charge in [-0.25, -0.2) is 4.79 Å². The molecule has 1 aromatic carbocycles. The first-order valence-corrected chi connectivity index (χ1v) is 10.6. The summed E-state index contributed by atoms with van der Waals surface area (Å²) in [6, 6.07) is 5.31. The Bertz CT molecular complexity index is 884. The molecule has 8 heteroatoms. The van der Waals surface area contributed by atoms with E-state index in [4.69, 9.17) is 4.74 Å². The maximum Gasteiger partial charge on any atom is 0.416 e. The Morgan fingerprint density at radius 1 is 1.13 bits per heavy atom. The molecule has 166 valence electrons. The van der Waals surface area contributed by atoms with Crippen molar-refractivity contribution >= 4 is 12.0 Å². The van der Waals surface area contributed by atoms with Crippen LogP contribution in [0.25, 0.3) is 0 Å². The molecule has 1 heterocycles. The Hall–Kier alpha value is -2.77. The summed E-state index contributed by atoms with van der Waals surface area (Å²) < 4.78 is 43.3. The van der Waals surface area contributed by atoms with Crippen LogP contribution in [-0.2, 0) is 15.7 Å². The number of alkyl halides is 3. The van der Waals surface area contributed by atoms with Gasteiger partial charge in [0.25, 0.3) is 0 Å². The maximum atomic E-state index is 12.7. The van der Waals surface area contributed by atoms with Crippen LogP contribution in [0.3, 0.4) is 0 Å². The van der Waals surface area contributed by atoms with Gasteiger partial charge in [0.05, 0.1) is 11.6 Å². The predicted octanol–water partition coefficient (Wildman–Crippen LogP) is 4.81. The van der Waals surface area contributed by atoms with Crippen molar-refractivity contribution in [3.05, 3.63) is 59.3 Å². The molecule has 2 N–H and O–H groups in total. The molecule has 1 aliphatic heterocycles. The Balaban J connectivity index is 1.20. The van der Waals surface area contributed by atoms with Crippen LogP contribution in [0.15, 0.2) is 48.2 Å². The molecule has 2 atom stereocenters. The number of halogens is 3. The van der Waals surface area contributed by atoms with Crippen LogP contribution >= 0.6 is 0 Å². The lowest BCUT2D eigenvalue weighted by Gasteiger charge is -2.29. The Labute approximate surface area is 178 Å². The van der Waals surface area contributed by atoms with Gasteiger partial charge in [0.1, 0.15) is 6.10 Å². The van der Waals surface area contributed by atoms with E-state index in [2.05, 4.69) is 10.6 Å². The molecule has 4 rings (SSSR count). The molecule has 0 bridgehead atoms. The lowest BCUT2D eigenvalue weighted by atomic mass is 9.77. The Morgan fingerprint density at radius 2 is 1.84 bits per heavy atom. The van der Waals surface area contributed by atoms with Crippen molar-refractivity contribution in [2.75, 3.05) is 0 Å². The number of carbonyl (C=O) groups excluding carboxylic acids is 2. The third kappa shape index (κ3) is 5.29. The predicted molar refractivity (Wildman–Crippen MR) is 108 cm³/mol. The molecule has 1 aromatic rings. The molecule has 2 aliphatic carbocycles. The number of fused-ring (bicyclic) bond motifs is 1. The van der Waals surface area contributed by atoms with Gasteiger partial charge in [-0.05, 0) is 73.8 Å². The number of ether oxygens (including phenoxy) is 1. The molecular weight excluding hydrogens is 409 g/mol. The average molecular weight is 434 g/mol. The van der Waals surface area contributed by atoms with Crippen molar-refractivity contribution in [3.8, 4) is 0 Å². The van der Waals surface area contributed by atoms with Crippen LogP contribution in [0.4, 0.5) is 18.0 Å².